The predicted octanol–water partition coefficient (Wildman–Crippen LogP) is 5.24. The van der Waals surface area contributed by atoms with E-state index in [1.165, 1.54) is 11.8 Å². The first-order valence-electron chi connectivity index (χ1n) is 7.30. The van der Waals surface area contributed by atoms with Crippen LogP contribution in [0.5, 0.6) is 0 Å². The fourth-order valence-corrected chi connectivity index (χ4v) is 4.16. The van der Waals surface area contributed by atoms with E-state index in [1.807, 2.05) is 24.3 Å². The van der Waals surface area contributed by atoms with E-state index in [0.29, 0.717) is 15.8 Å². The third kappa shape index (κ3) is 4.73. The van der Waals surface area contributed by atoms with Crippen LogP contribution < -0.4 is 5.43 Å². The number of fused-ring (bicyclic) bond motifs is 1. The van der Waals surface area contributed by atoms with E-state index in [2.05, 4.69) is 15.5 Å². The summed E-state index contributed by atoms with van der Waals surface area (Å²) in [7, 11) is 0. The first kappa shape index (κ1) is 18.2. The van der Waals surface area contributed by atoms with Crippen LogP contribution in [0, 0.1) is 0 Å². The van der Waals surface area contributed by atoms with Gasteiger partial charge >= 0.3 is 0 Å². The van der Waals surface area contributed by atoms with E-state index in [0.717, 1.165) is 20.1 Å². The molecule has 0 saturated heterocycles. The molecule has 3 rings (SSSR count). The molecular weight excluding hydrogens is 397 g/mol. The molecule has 0 aliphatic carbocycles. The maximum absolute atomic E-state index is 12.0. The number of hydrazone groups is 1. The van der Waals surface area contributed by atoms with Gasteiger partial charge in [-0.15, -0.1) is 11.3 Å². The summed E-state index contributed by atoms with van der Waals surface area (Å²) in [6.07, 6.45) is 0. The predicted molar refractivity (Wildman–Crippen MR) is 107 cm³/mol. The Labute approximate surface area is 163 Å². The monoisotopic (exact) mass is 409 g/mol. The molecule has 128 valence electrons. The zero-order valence-corrected chi connectivity index (χ0v) is 16.3. The Morgan fingerprint density at radius 1 is 1.24 bits per heavy atom. The maximum Gasteiger partial charge on any atom is 0.250 e. The molecule has 1 heterocycles. The first-order chi connectivity index (χ1) is 12.0. The lowest BCUT2D eigenvalue weighted by Gasteiger charge is -2.04. The molecule has 0 aliphatic heterocycles. The van der Waals surface area contributed by atoms with Crippen molar-refractivity contribution in [2.45, 2.75) is 11.3 Å². The van der Waals surface area contributed by atoms with Crippen LogP contribution in [0.4, 0.5) is 0 Å². The average Bonchev–Trinajstić information content (AvgIpc) is 3.03. The highest BCUT2D eigenvalue weighted by atomic mass is 35.5. The Morgan fingerprint density at radius 2 is 2.04 bits per heavy atom. The maximum atomic E-state index is 12.0. The number of amides is 1. The number of aromatic nitrogens is 1. The Morgan fingerprint density at radius 3 is 2.80 bits per heavy atom. The van der Waals surface area contributed by atoms with E-state index in [-0.39, 0.29) is 11.7 Å². The molecule has 0 atom stereocenters. The summed E-state index contributed by atoms with van der Waals surface area (Å²) in [5.41, 5.74) is 4.95. The van der Waals surface area contributed by atoms with Crippen LogP contribution in [-0.4, -0.2) is 22.4 Å². The number of rotatable bonds is 5. The normalized spacial score (nSPS) is 11.7. The highest BCUT2D eigenvalue weighted by Crippen LogP contribution is 2.29. The molecule has 0 saturated carbocycles. The molecule has 1 amide bonds. The third-order valence-electron chi connectivity index (χ3n) is 3.29. The summed E-state index contributed by atoms with van der Waals surface area (Å²) in [5.74, 6) is 0.0569. The summed E-state index contributed by atoms with van der Waals surface area (Å²) in [6, 6.07) is 13.1. The summed E-state index contributed by atoms with van der Waals surface area (Å²) in [4.78, 5) is 16.5. The molecule has 3 aromatic rings. The molecule has 8 heteroatoms. The van der Waals surface area contributed by atoms with Gasteiger partial charge in [-0.1, -0.05) is 53.2 Å². The van der Waals surface area contributed by atoms with Crippen molar-refractivity contribution >= 4 is 68.1 Å². The van der Waals surface area contributed by atoms with Gasteiger partial charge < -0.3 is 0 Å². The van der Waals surface area contributed by atoms with Gasteiger partial charge in [0.15, 0.2) is 4.34 Å². The van der Waals surface area contributed by atoms with Crippen LogP contribution in [-0.2, 0) is 4.79 Å². The Hall–Kier alpha value is -1.60. The van der Waals surface area contributed by atoms with Gasteiger partial charge in [-0.2, -0.15) is 5.10 Å². The van der Waals surface area contributed by atoms with E-state index >= 15 is 0 Å². The molecule has 1 aromatic heterocycles. The quantitative estimate of drug-likeness (QED) is 0.356. The summed E-state index contributed by atoms with van der Waals surface area (Å²) >= 11 is 14.8. The van der Waals surface area contributed by atoms with Crippen LogP contribution in [0.1, 0.15) is 12.5 Å². The summed E-state index contributed by atoms with van der Waals surface area (Å²) < 4.78 is 1.97. The number of benzene rings is 2. The van der Waals surface area contributed by atoms with Gasteiger partial charge in [0, 0.05) is 0 Å². The van der Waals surface area contributed by atoms with E-state index in [9.17, 15) is 4.79 Å². The topological polar surface area (TPSA) is 54.4 Å². The second-order valence-electron chi connectivity index (χ2n) is 5.10. The minimum atomic E-state index is -0.191. The van der Waals surface area contributed by atoms with Crippen LogP contribution in [0.15, 0.2) is 51.9 Å². The standard InChI is InChI=1S/C17H13Cl2N3OS2/c1-10(11-6-7-12(18)13(19)8-11)21-22-16(23)9-24-17-20-14-4-2-3-5-15(14)25-17/h2-8H,9H2,1H3,(H,22,23)/b21-10-. The van der Waals surface area contributed by atoms with Gasteiger partial charge in [0.05, 0.1) is 31.7 Å². The lowest BCUT2D eigenvalue weighted by atomic mass is 10.1. The van der Waals surface area contributed by atoms with Crippen molar-refractivity contribution in [1.82, 2.24) is 10.4 Å². The van der Waals surface area contributed by atoms with Crippen molar-refractivity contribution < 1.29 is 4.79 Å². The van der Waals surface area contributed by atoms with Crippen LogP contribution in [0.3, 0.4) is 0 Å². The minimum absolute atomic E-state index is 0.191. The van der Waals surface area contributed by atoms with Gasteiger partial charge in [-0.05, 0) is 36.8 Å². The highest BCUT2D eigenvalue weighted by molar-refractivity contribution is 8.01. The fraction of sp³-hybridized carbons (Fsp3) is 0.118. The molecule has 25 heavy (non-hydrogen) atoms. The van der Waals surface area contributed by atoms with Gasteiger partial charge in [0.25, 0.3) is 5.91 Å². The molecule has 0 unspecified atom stereocenters. The number of carbonyl (C=O) groups is 1. The number of hydrogen-bond acceptors (Lipinski definition) is 5. The smallest absolute Gasteiger partial charge is 0.250 e. The minimum Gasteiger partial charge on any atom is -0.272 e. The number of thiazole rings is 1. The van der Waals surface area contributed by atoms with Crippen molar-refractivity contribution in [3.63, 3.8) is 0 Å². The number of thioether (sulfide) groups is 1. The molecule has 0 fully saturated rings. The second-order valence-corrected chi connectivity index (χ2v) is 8.16. The Kier molecular flexibility index (Phi) is 5.96. The molecule has 0 aliphatic rings. The molecule has 0 spiro atoms. The Bertz CT molecular complexity index is 923. The largest absolute Gasteiger partial charge is 0.272 e. The molecule has 4 nitrogen and oxygen atoms in total. The van der Waals surface area contributed by atoms with Crippen molar-refractivity contribution in [3.8, 4) is 0 Å². The number of hydrogen-bond donors (Lipinski definition) is 1. The van der Waals surface area contributed by atoms with E-state index in [1.54, 1.807) is 36.5 Å². The molecule has 0 bridgehead atoms. The van der Waals surface area contributed by atoms with Crippen LogP contribution in [0.25, 0.3) is 10.2 Å². The zero-order valence-electron chi connectivity index (χ0n) is 13.1. The Balaban J connectivity index is 1.57. The molecule has 2 aromatic carbocycles. The lowest BCUT2D eigenvalue weighted by molar-refractivity contribution is -0.118. The zero-order chi connectivity index (χ0) is 17.8. The van der Waals surface area contributed by atoms with Crippen molar-refractivity contribution in [2.24, 2.45) is 5.10 Å². The first-order valence-corrected chi connectivity index (χ1v) is 9.85. The SMILES string of the molecule is C/C(=N/NC(=O)CSc1nc2ccccc2s1)c1ccc(Cl)c(Cl)c1. The second kappa shape index (κ2) is 8.19. The summed E-state index contributed by atoms with van der Waals surface area (Å²) in [6.45, 7) is 1.79. The number of carbonyl (C=O) groups excluding carboxylic acids is 1. The number of para-hydroxylation sites is 1. The van der Waals surface area contributed by atoms with Crippen LogP contribution in [0.2, 0.25) is 10.0 Å². The number of nitrogens with one attached hydrogen (secondary N) is 1. The molecule has 1 N–H and O–H groups in total. The number of halogens is 2. The van der Waals surface area contributed by atoms with Gasteiger partial charge in [-0.25, -0.2) is 10.4 Å². The van der Waals surface area contributed by atoms with Gasteiger partial charge in [0.2, 0.25) is 0 Å². The van der Waals surface area contributed by atoms with Crippen molar-refractivity contribution in [1.29, 1.82) is 0 Å². The van der Waals surface area contributed by atoms with Gasteiger partial charge in [-0.3, -0.25) is 4.79 Å². The number of nitrogens with zero attached hydrogens (tertiary/aromatic N) is 2. The van der Waals surface area contributed by atoms with E-state index in [4.69, 9.17) is 23.2 Å². The van der Waals surface area contributed by atoms with Crippen molar-refractivity contribution in [2.75, 3.05) is 5.75 Å². The molecule has 0 radical (unpaired) electrons. The van der Waals surface area contributed by atoms with E-state index < -0.39 is 0 Å². The van der Waals surface area contributed by atoms with Crippen molar-refractivity contribution in [3.05, 3.63) is 58.1 Å². The van der Waals surface area contributed by atoms with Gasteiger partial charge in [0.1, 0.15) is 0 Å². The third-order valence-corrected chi connectivity index (χ3v) is 6.21. The van der Waals surface area contributed by atoms with Crippen LogP contribution >= 0.6 is 46.3 Å². The highest BCUT2D eigenvalue weighted by Gasteiger charge is 2.08. The molecular formula is C17H13Cl2N3OS2. The lowest BCUT2D eigenvalue weighted by Crippen LogP contribution is -2.21. The average molecular weight is 410 g/mol. The fourth-order valence-electron chi connectivity index (χ4n) is 2.00. The summed E-state index contributed by atoms with van der Waals surface area (Å²) in [5, 5.41) is 5.04.